The van der Waals surface area contributed by atoms with E-state index in [1.807, 2.05) is 24.3 Å². The van der Waals surface area contributed by atoms with Crippen LogP contribution in [0.15, 0.2) is 48.5 Å². The van der Waals surface area contributed by atoms with Crippen LogP contribution >= 0.6 is 11.6 Å². The summed E-state index contributed by atoms with van der Waals surface area (Å²) in [6.45, 7) is 3.76. The van der Waals surface area contributed by atoms with Gasteiger partial charge in [0.2, 0.25) is 0 Å². The van der Waals surface area contributed by atoms with Crippen LogP contribution < -0.4 is 0 Å². The highest BCUT2D eigenvalue weighted by Crippen LogP contribution is 2.30. The molecule has 0 N–H and O–H groups in total. The number of nitrogens with zero attached hydrogens (tertiary/aromatic N) is 1. The zero-order valence-corrected chi connectivity index (χ0v) is 16.9. The average Bonchev–Trinajstić information content (AvgIpc) is 3.10. The molecule has 27 heavy (non-hydrogen) atoms. The van der Waals surface area contributed by atoms with Gasteiger partial charge in [-0.1, -0.05) is 61.0 Å². The van der Waals surface area contributed by atoms with E-state index in [4.69, 9.17) is 16.3 Å². The maximum Gasteiger partial charge on any atom is 0.323 e. The van der Waals surface area contributed by atoms with Crippen molar-refractivity contribution in [3.8, 4) is 0 Å². The number of likely N-dealkylation sites (tertiary alicyclic amines) is 1. The van der Waals surface area contributed by atoms with Gasteiger partial charge in [-0.05, 0) is 54.4 Å². The number of hydrogen-bond acceptors (Lipinski definition) is 3. The van der Waals surface area contributed by atoms with Crippen molar-refractivity contribution in [1.82, 2.24) is 4.90 Å². The third-order valence-electron chi connectivity index (χ3n) is 5.57. The molecule has 4 heteroatoms. The van der Waals surface area contributed by atoms with Gasteiger partial charge in [-0.15, -0.1) is 0 Å². The van der Waals surface area contributed by atoms with Crippen LogP contribution in [0.2, 0.25) is 5.02 Å². The number of esters is 1. The molecule has 1 aliphatic rings. The number of ether oxygens (including phenoxy) is 1. The van der Waals surface area contributed by atoms with E-state index in [-0.39, 0.29) is 12.0 Å². The van der Waals surface area contributed by atoms with Gasteiger partial charge >= 0.3 is 5.97 Å². The van der Waals surface area contributed by atoms with Crippen LogP contribution in [-0.2, 0) is 28.9 Å². The number of halogens is 1. The van der Waals surface area contributed by atoms with Crippen LogP contribution in [0.1, 0.15) is 36.5 Å². The number of carbonyl (C=O) groups is 1. The minimum absolute atomic E-state index is 0.142. The first-order valence-corrected chi connectivity index (χ1v) is 10.1. The summed E-state index contributed by atoms with van der Waals surface area (Å²) in [5, 5.41) is 0.751. The van der Waals surface area contributed by atoms with E-state index in [1.54, 1.807) is 0 Å². The molecular weight excluding hydrogens is 358 g/mol. The van der Waals surface area contributed by atoms with Crippen LogP contribution in [0.3, 0.4) is 0 Å². The van der Waals surface area contributed by atoms with Crippen molar-refractivity contribution in [2.45, 2.75) is 45.2 Å². The van der Waals surface area contributed by atoms with Gasteiger partial charge in [0.1, 0.15) is 6.04 Å². The maximum atomic E-state index is 12.3. The Kier molecular flexibility index (Phi) is 6.92. The summed E-state index contributed by atoms with van der Waals surface area (Å²) < 4.78 is 5.06. The average molecular weight is 386 g/mol. The Morgan fingerprint density at radius 3 is 2.52 bits per heavy atom. The molecule has 3 nitrogen and oxygen atoms in total. The lowest BCUT2D eigenvalue weighted by Gasteiger charge is -2.22. The SMILES string of the molecule is CCc1ccc(CC[C@H]2C[C@@H](C(=O)OC)N(Cc3ccccc3Cl)C2)cc1. The van der Waals surface area contributed by atoms with Crippen LogP contribution in [0.25, 0.3) is 0 Å². The summed E-state index contributed by atoms with van der Waals surface area (Å²) in [6, 6.07) is 16.5. The van der Waals surface area contributed by atoms with Crippen molar-refractivity contribution in [3.05, 3.63) is 70.2 Å². The maximum absolute atomic E-state index is 12.3. The van der Waals surface area contributed by atoms with Gasteiger partial charge in [0.25, 0.3) is 0 Å². The molecule has 0 aromatic heterocycles. The van der Waals surface area contributed by atoms with E-state index >= 15 is 0 Å². The molecule has 1 fully saturated rings. The highest BCUT2D eigenvalue weighted by atomic mass is 35.5. The van der Waals surface area contributed by atoms with Gasteiger partial charge in [-0.2, -0.15) is 0 Å². The largest absolute Gasteiger partial charge is 0.468 e. The zero-order valence-electron chi connectivity index (χ0n) is 16.2. The monoisotopic (exact) mass is 385 g/mol. The molecule has 0 amide bonds. The van der Waals surface area contributed by atoms with Gasteiger partial charge in [0.05, 0.1) is 7.11 Å². The summed E-state index contributed by atoms with van der Waals surface area (Å²) in [5.41, 5.74) is 3.80. The molecule has 1 heterocycles. The van der Waals surface area contributed by atoms with Crippen LogP contribution in [0.4, 0.5) is 0 Å². The highest BCUT2D eigenvalue weighted by molar-refractivity contribution is 6.31. The molecule has 1 aliphatic heterocycles. The summed E-state index contributed by atoms with van der Waals surface area (Å²) in [5.74, 6) is 0.347. The second-order valence-electron chi connectivity index (χ2n) is 7.37. The second-order valence-corrected chi connectivity index (χ2v) is 7.78. The Morgan fingerprint density at radius 2 is 1.85 bits per heavy atom. The number of rotatable bonds is 7. The fourth-order valence-electron chi connectivity index (χ4n) is 3.92. The first-order chi connectivity index (χ1) is 13.1. The molecule has 0 aliphatic carbocycles. The van der Waals surface area contributed by atoms with Crippen molar-refractivity contribution >= 4 is 17.6 Å². The highest BCUT2D eigenvalue weighted by Gasteiger charge is 2.37. The summed E-state index contributed by atoms with van der Waals surface area (Å²) >= 11 is 6.32. The van der Waals surface area contributed by atoms with Crippen LogP contribution in [0, 0.1) is 5.92 Å². The lowest BCUT2D eigenvalue weighted by atomic mass is 9.96. The summed E-state index contributed by atoms with van der Waals surface area (Å²) in [7, 11) is 1.47. The molecule has 0 unspecified atom stereocenters. The van der Waals surface area contributed by atoms with Crippen molar-refractivity contribution in [2.24, 2.45) is 5.92 Å². The van der Waals surface area contributed by atoms with E-state index in [0.29, 0.717) is 12.5 Å². The van der Waals surface area contributed by atoms with E-state index in [0.717, 1.165) is 42.8 Å². The predicted octanol–water partition coefficient (Wildman–Crippen LogP) is 4.90. The Morgan fingerprint density at radius 1 is 1.15 bits per heavy atom. The molecule has 0 saturated carbocycles. The normalized spacial score (nSPS) is 20.0. The first kappa shape index (κ1) is 19.9. The minimum Gasteiger partial charge on any atom is -0.468 e. The third kappa shape index (κ3) is 5.12. The molecule has 0 spiro atoms. The van der Waals surface area contributed by atoms with E-state index in [9.17, 15) is 4.79 Å². The number of hydrogen-bond donors (Lipinski definition) is 0. The van der Waals surface area contributed by atoms with Gasteiger partial charge in [0, 0.05) is 18.1 Å². The van der Waals surface area contributed by atoms with E-state index in [2.05, 4.69) is 36.1 Å². The Balaban J connectivity index is 1.63. The molecule has 2 atom stereocenters. The Hall–Kier alpha value is -1.84. The van der Waals surface area contributed by atoms with Crippen LogP contribution in [-0.4, -0.2) is 30.6 Å². The quantitative estimate of drug-likeness (QED) is 0.635. The number of benzene rings is 2. The number of aryl methyl sites for hydroxylation is 2. The fraction of sp³-hybridized carbons (Fsp3) is 0.435. The lowest BCUT2D eigenvalue weighted by Crippen LogP contribution is -2.36. The molecule has 0 bridgehead atoms. The van der Waals surface area contributed by atoms with Crippen molar-refractivity contribution in [3.63, 3.8) is 0 Å². The Bertz CT molecular complexity index is 759. The van der Waals surface area contributed by atoms with Gasteiger partial charge in [0.15, 0.2) is 0 Å². The Labute approximate surface area is 167 Å². The second kappa shape index (κ2) is 9.38. The molecule has 0 radical (unpaired) electrons. The molecule has 2 aromatic rings. The van der Waals surface area contributed by atoms with Crippen LogP contribution in [0.5, 0.6) is 0 Å². The van der Waals surface area contributed by atoms with Crippen molar-refractivity contribution in [1.29, 1.82) is 0 Å². The molecular formula is C23H28ClNO2. The minimum atomic E-state index is -0.182. The first-order valence-electron chi connectivity index (χ1n) is 9.73. The fourth-order valence-corrected chi connectivity index (χ4v) is 4.12. The summed E-state index contributed by atoms with van der Waals surface area (Å²) in [6.07, 6.45) is 4.05. The van der Waals surface area contributed by atoms with Gasteiger partial charge in [-0.3, -0.25) is 9.69 Å². The number of methoxy groups -OCH3 is 1. The smallest absolute Gasteiger partial charge is 0.323 e. The number of carbonyl (C=O) groups excluding carboxylic acids is 1. The topological polar surface area (TPSA) is 29.5 Å². The molecule has 2 aromatic carbocycles. The molecule has 3 rings (SSSR count). The van der Waals surface area contributed by atoms with Gasteiger partial charge in [-0.25, -0.2) is 0 Å². The van der Waals surface area contributed by atoms with E-state index < -0.39 is 0 Å². The predicted molar refractivity (Wildman–Crippen MR) is 110 cm³/mol. The molecule has 144 valence electrons. The summed E-state index contributed by atoms with van der Waals surface area (Å²) in [4.78, 5) is 14.5. The third-order valence-corrected chi connectivity index (χ3v) is 5.94. The lowest BCUT2D eigenvalue weighted by molar-refractivity contribution is -0.146. The van der Waals surface area contributed by atoms with E-state index in [1.165, 1.54) is 18.2 Å². The molecule has 1 saturated heterocycles. The zero-order chi connectivity index (χ0) is 19.2. The van der Waals surface area contributed by atoms with Crippen molar-refractivity contribution < 1.29 is 9.53 Å². The van der Waals surface area contributed by atoms with Gasteiger partial charge < -0.3 is 4.74 Å². The van der Waals surface area contributed by atoms with Crippen molar-refractivity contribution in [2.75, 3.05) is 13.7 Å². The standard InChI is InChI=1S/C23H28ClNO2/c1-3-17-8-10-18(11-9-17)12-13-19-14-22(23(26)27-2)25(15-19)16-20-6-4-5-7-21(20)24/h4-11,19,22H,3,12-16H2,1-2H3/t19-,22-/m0/s1.